The molecule has 0 bridgehead atoms. The molecular weight excluding hydrogens is 354 g/mol. The topological polar surface area (TPSA) is 98.5 Å². The van der Waals surface area contributed by atoms with Gasteiger partial charge in [0.1, 0.15) is 5.75 Å². The van der Waals surface area contributed by atoms with E-state index in [1.54, 1.807) is 18.2 Å². The Bertz CT molecular complexity index is 1050. The molecule has 9 heteroatoms. The summed E-state index contributed by atoms with van der Waals surface area (Å²) in [5, 5.41) is 11.5. The fraction of sp³-hybridized carbons (Fsp3) is 0.235. The van der Waals surface area contributed by atoms with Crippen LogP contribution in [0, 0.1) is 13.8 Å². The first-order valence-corrected chi connectivity index (χ1v) is 8.92. The maximum atomic E-state index is 12.5. The largest absolute Gasteiger partial charge is 0.482 e. The van der Waals surface area contributed by atoms with E-state index >= 15 is 0 Å². The molecule has 1 N–H and O–H groups in total. The van der Waals surface area contributed by atoms with Gasteiger partial charge >= 0.3 is 0 Å². The molecule has 1 aliphatic rings. The molecule has 132 valence electrons. The first kappa shape index (κ1) is 16.5. The molecule has 26 heavy (non-hydrogen) atoms. The van der Waals surface area contributed by atoms with Crippen LogP contribution in [0.25, 0.3) is 5.78 Å². The van der Waals surface area contributed by atoms with E-state index in [1.807, 2.05) is 24.3 Å². The minimum Gasteiger partial charge on any atom is -0.482 e. The van der Waals surface area contributed by atoms with Crippen LogP contribution in [0.4, 0.5) is 5.69 Å². The van der Waals surface area contributed by atoms with Gasteiger partial charge in [-0.1, -0.05) is 11.8 Å². The number of rotatable bonds is 4. The summed E-state index contributed by atoms with van der Waals surface area (Å²) in [5.74, 6) is 0.971. The van der Waals surface area contributed by atoms with Crippen molar-refractivity contribution in [2.24, 2.45) is 0 Å². The van der Waals surface area contributed by atoms with Gasteiger partial charge in [0.25, 0.3) is 11.7 Å². The molecule has 0 radical (unpaired) electrons. The van der Waals surface area contributed by atoms with E-state index in [9.17, 15) is 9.59 Å². The minimum atomic E-state index is -0.232. The van der Waals surface area contributed by atoms with Crippen LogP contribution in [0.1, 0.15) is 21.7 Å². The second-order valence-corrected chi connectivity index (χ2v) is 6.86. The molecule has 1 aliphatic heterocycles. The predicted octanol–water partition coefficient (Wildman–Crippen LogP) is 2.05. The highest BCUT2D eigenvalue weighted by Crippen LogP contribution is 2.29. The monoisotopic (exact) mass is 369 g/mol. The van der Waals surface area contributed by atoms with Crippen molar-refractivity contribution in [1.29, 1.82) is 0 Å². The number of fused-ring (bicyclic) bond motifs is 2. The summed E-state index contributed by atoms with van der Waals surface area (Å²) < 4.78 is 7.13. The second kappa shape index (κ2) is 6.41. The summed E-state index contributed by atoms with van der Waals surface area (Å²) in [6, 6.07) is 6.95. The highest BCUT2D eigenvalue weighted by Gasteiger charge is 2.19. The van der Waals surface area contributed by atoms with E-state index < -0.39 is 0 Å². The molecule has 1 aromatic carbocycles. The molecule has 0 saturated carbocycles. The zero-order valence-corrected chi connectivity index (χ0v) is 15.0. The maximum absolute atomic E-state index is 12.5. The Morgan fingerprint density at radius 1 is 1.31 bits per heavy atom. The van der Waals surface area contributed by atoms with Crippen LogP contribution < -0.4 is 10.1 Å². The summed E-state index contributed by atoms with van der Waals surface area (Å²) >= 11 is 1.30. The molecule has 3 heterocycles. The van der Waals surface area contributed by atoms with Gasteiger partial charge in [-0.15, -0.1) is 10.2 Å². The lowest BCUT2D eigenvalue weighted by Gasteiger charge is -2.18. The van der Waals surface area contributed by atoms with E-state index in [1.165, 1.54) is 11.8 Å². The fourth-order valence-electron chi connectivity index (χ4n) is 2.76. The Labute approximate surface area is 153 Å². The average Bonchev–Trinajstić information content (AvgIpc) is 3.02. The van der Waals surface area contributed by atoms with E-state index in [-0.39, 0.29) is 24.1 Å². The van der Waals surface area contributed by atoms with E-state index in [2.05, 4.69) is 20.5 Å². The number of carbonyl (C=O) groups excluding carboxylic acids is 2. The molecule has 0 spiro atoms. The van der Waals surface area contributed by atoms with Crippen LogP contribution in [0.15, 0.2) is 29.4 Å². The number of nitrogens with zero attached hydrogens (tertiary/aromatic N) is 4. The van der Waals surface area contributed by atoms with Gasteiger partial charge in [0.15, 0.2) is 17.5 Å². The summed E-state index contributed by atoms with van der Waals surface area (Å²) in [4.78, 5) is 28.3. The van der Waals surface area contributed by atoms with Gasteiger partial charge < -0.3 is 10.1 Å². The fourth-order valence-corrected chi connectivity index (χ4v) is 3.64. The van der Waals surface area contributed by atoms with Crippen LogP contribution >= 0.6 is 11.8 Å². The van der Waals surface area contributed by atoms with Crippen LogP contribution in [-0.4, -0.2) is 43.6 Å². The van der Waals surface area contributed by atoms with Gasteiger partial charge in [0.05, 0.1) is 11.4 Å². The smallest absolute Gasteiger partial charge is 0.262 e. The molecule has 8 nitrogen and oxygen atoms in total. The summed E-state index contributed by atoms with van der Waals surface area (Å²) in [7, 11) is 0. The van der Waals surface area contributed by atoms with Gasteiger partial charge in [-0.05, 0) is 38.1 Å². The number of anilines is 1. The molecule has 0 saturated heterocycles. The van der Waals surface area contributed by atoms with E-state index in [0.29, 0.717) is 27.9 Å². The number of carbonyl (C=O) groups is 2. The van der Waals surface area contributed by atoms with Crippen molar-refractivity contribution in [2.45, 2.75) is 19.0 Å². The van der Waals surface area contributed by atoms with E-state index in [0.717, 1.165) is 11.4 Å². The number of hydrogen-bond acceptors (Lipinski definition) is 7. The lowest BCUT2D eigenvalue weighted by Crippen LogP contribution is -2.25. The Balaban J connectivity index is 1.53. The Morgan fingerprint density at radius 3 is 3.00 bits per heavy atom. The summed E-state index contributed by atoms with van der Waals surface area (Å²) in [5.41, 5.74) is 2.84. The van der Waals surface area contributed by atoms with Crippen molar-refractivity contribution >= 4 is 34.9 Å². The number of ether oxygens (including phenoxy) is 1. The van der Waals surface area contributed by atoms with Gasteiger partial charge in [0.2, 0.25) is 0 Å². The van der Waals surface area contributed by atoms with Crippen molar-refractivity contribution in [2.75, 3.05) is 17.7 Å². The third-order valence-corrected chi connectivity index (χ3v) is 4.86. The quantitative estimate of drug-likeness (QED) is 0.555. The van der Waals surface area contributed by atoms with Crippen molar-refractivity contribution in [3.05, 3.63) is 41.2 Å². The van der Waals surface area contributed by atoms with Crippen LogP contribution in [0.3, 0.4) is 0 Å². The van der Waals surface area contributed by atoms with E-state index in [4.69, 9.17) is 4.74 Å². The Hall–Kier alpha value is -2.94. The molecule has 0 atom stereocenters. The van der Waals surface area contributed by atoms with Crippen molar-refractivity contribution in [1.82, 2.24) is 19.6 Å². The highest BCUT2D eigenvalue weighted by atomic mass is 32.2. The Kier molecular flexibility index (Phi) is 4.08. The third-order valence-electron chi connectivity index (χ3n) is 3.93. The standard InChI is InChI=1S/C17H15N5O3S/c1-9-5-10(2)22-16(18-9)20-21-17(22)26-8-13(23)11-3-4-14-12(6-11)19-15(24)7-25-14/h3-6H,7-8H2,1-2H3,(H,19,24). The van der Waals surface area contributed by atoms with Gasteiger partial charge in [-0.2, -0.15) is 0 Å². The van der Waals surface area contributed by atoms with Crippen molar-refractivity contribution in [3.8, 4) is 5.75 Å². The number of aryl methyl sites for hydroxylation is 2. The molecule has 0 fully saturated rings. The lowest BCUT2D eigenvalue weighted by atomic mass is 10.1. The van der Waals surface area contributed by atoms with Crippen LogP contribution in [0.5, 0.6) is 5.75 Å². The third kappa shape index (κ3) is 3.01. The molecule has 1 amide bonds. The highest BCUT2D eigenvalue weighted by molar-refractivity contribution is 7.99. The molecule has 0 unspecified atom stereocenters. The lowest BCUT2D eigenvalue weighted by molar-refractivity contribution is -0.118. The van der Waals surface area contributed by atoms with Gasteiger partial charge in [0, 0.05) is 17.0 Å². The second-order valence-electron chi connectivity index (χ2n) is 5.92. The molecule has 3 aromatic rings. The first-order valence-electron chi connectivity index (χ1n) is 7.93. The molecular formula is C17H15N5O3S. The predicted molar refractivity (Wildman–Crippen MR) is 95.9 cm³/mol. The number of hydrogen-bond donors (Lipinski definition) is 1. The van der Waals surface area contributed by atoms with Gasteiger partial charge in [-0.3, -0.25) is 14.0 Å². The maximum Gasteiger partial charge on any atom is 0.262 e. The minimum absolute atomic E-state index is 0.0110. The number of nitrogens with one attached hydrogen (secondary N) is 1. The zero-order valence-electron chi connectivity index (χ0n) is 14.1. The number of aromatic nitrogens is 4. The van der Waals surface area contributed by atoms with Crippen LogP contribution in [0.2, 0.25) is 0 Å². The number of amides is 1. The normalized spacial score (nSPS) is 13.2. The Morgan fingerprint density at radius 2 is 2.15 bits per heavy atom. The molecule has 2 aromatic heterocycles. The first-order chi connectivity index (χ1) is 12.5. The average molecular weight is 369 g/mol. The number of ketones is 1. The van der Waals surface area contributed by atoms with Crippen molar-refractivity contribution in [3.63, 3.8) is 0 Å². The zero-order chi connectivity index (χ0) is 18.3. The number of thioether (sulfide) groups is 1. The number of benzene rings is 1. The van der Waals surface area contributed by atoms with Crippen molar-refractivity contribution < 1.29 is 14.3 Å². The van der Waals surface area contributed by atoms with Crippen LogP contribution in [-0.2, 0) is 4.79 Å². The van der Waals surface area contributed by atoms with Gasteiger partial charge in [-0.25, -0.2) is 4.98 Å². The SMILES string of the molecule is Cc1cc(C)n2c(SCC(=O)c3ccc4c(c3)NC(=O)CO4)nnc2n1. The molecule has 4 rings (SSSR count). The number of Topliss-reactive ketones (excluding diaryl/α,β-unsaturated/α-hetero) is 1. The molecule has 0 aliphatic carbocycles. The summed E-state index contributed by atoms with van der Waals surface area (Å²) in [6.07, 6.45) is 0. The summed E-state index contributed by atoms with van der Waals surface area (Å²) in [6.45, 7) is 3.84.